The lowest BCUT2D eigenvalue weighted by Crippen LogP contribution is -2.27. The van der Waals surface area contributed by atoms with Crippen LogP contribution in [0.5, 0.6) is 5.75 Å². The molecule has 5 rings (SSSR count). The molecule has 0 atom stereocenters. The van der Waals surface area contributed by atoms with Gasteiger partial charge in [0.2, 0.25) is 0 Å². The number of aromatic nitrogens is 2. The lowest BCUT2D eigenvalue weighted by molar-refractivity contribution is -0.122. The SMILES string of the molecule is C=CCOc1ccc(-c2nn(-c3ccccc3)cc2/C=C2\SC(=S)N(Cc3ccccc3)C2=O)c(C)c1. The molecule has 184 valence electrons. The Balaban J connectivity index is 1.53. The van der Waals surface area contributed by atoms with Gasteiger partial charge in [-0.1, -0.05) is 85.2 Å². The zero-order valence-electron chi connectivity index (χ0n) is 20.3. The third kappa shape index (κ3) is 5.43. The van der Waals surface area contributed by atoms with E-state index in [1.165, 1.54) is 11.8 Å². The summed E-state index contributed by atoms with van der Waals surface area (Å²) in [6.45, 7) is 6.63. The van der Waals surface area contributed by atoms with Crippen LogP contribution in [-0.4, -0.2) is 31.5 Å². The van der Waals surface area contributed by atoms with Gasteiger partial charge < -0.3 is 4.74 Å². The van der Waals surface area contributed by atoms with Gasteiger partial charge in [0.15, 0.2) is 0 Å². The highest BCUT2D eigenvalue weighted by molar-refractivity contribution is 8.26. The van der Waals surface area contributed by atoms with Gasteiger partial charge in [0.05, 0.1) is 17.1 Å². The van der Waals surface area contributed by atoms with Gasteiger partial charge in [-0.25, -0.2) is 4.68 Å². The summed E-state index contributed by atoms with van der Waals surface area (Å²) in [5.74, 6) is 0.675. The molecule has 0 N–H and O–H groups in total. The fourth-order valence-corrected chi connectivity index (χ4v) is 5.35. The second-order valence-electron chi connectivity index (χ2n) is 8.54. The molecule has 0 bridgehead atoms. The van der Waals surface area contributed by atoms with Gasteiger partial charge in [-0.3, -0.25) is 9.69 Å². The maximum absolute atomic E-state index is 13.4. The molecule has 0 saturated carbocycles. The molecule has 1 amide bonds. The minimum atomic E-state index is -0.0952. The number of amides is 1. The number of carbonyl (C=O) groups excluding carboxylic acids is 1. The van der Waals surface area contributed by atoms with Gasteiger partial charge in [0.1, 0.15) is 22.4 Å². The minimum Gasteiger partial charge on any atom is -0.490 e. The van der Waals surface area contributed by atoms with Crippen molar-refractivity contribution in [2.45, 2.75) is 13.5 Å². The molecule has 37 heavy (non-hydrogen) atoms. The van der Waals surface area contributed by atoms with Crippen LogP contribution in [-0.2, 0) is 11.3 Å². The van der Waals surface area contributed by atoms with Crippen LogP contribution < -0.4 is 4.74 Å². The van der Waals surface area contributed by atoms with E-state index in [2.05, 4.69) is 6.58 Å². The van der Waals surface area contributed by atoms with E-state index >= 15 is 0 Å². The van der Waals surface area contributed by atoms with Crippen molar-refractivity contribution in [3.63, 3.8) is 0 Å². The van der Waals surface area contributed by atoms with Crippen LogP contribution in [0.2, 0.25) is 0 Å². The number of para-hydroxylation sites is 1. The topological polar surface area (TPSA) is 47.4 Å². The highest BCUT2D eigenvalue weighted by Gasteiger charge is 2.32. The van der Waals surface area contributed by atoms with Gasteiger partial charge in [0.25, 0.3) is 5.91 Å². The monoisotopic (exact) mass is 523 g/mol. The first-order valence-corrected chi connectivity index (χ1v) is 13.0. The van der Waals surface area contributed by atoms with Crippen LogP contribution in [0.1, 0.15) is 16.7 Å². The van der Waals surface area contributed by atoms with E-state index in [-0.39, 0.29) is 5.91 Å². The van der Waals surface area contributed by atoms with Crippen LogP contribution in [0.25, 0.3) is 23.0 Å². The van der Waals surface area contributed by atoms with Crippen molar-refractivity contribution in [2.75, 3.05) is 6.61 Å². The maximum atomic E-state index is 13.4. The largest absolute Gasteiger partial charge is 0.490 e. The normalized spacial score (nSPS) is 14.4. The predicted molar refractivity (Wildman–Crippen MR) is 155 cm³/mol. The Bertz CT molecular complexity index is 1490. The summed E-state index contributed by atoms with van der Waals surface area (Å²) in [5.41, 5.74) is 5.57. The zero-order valence-corrected chi connectivity index (χ0v) is 22.0. The Morgan fingerprint density at radius 2 is 1.78 bits per heavy atom. The average Bonchev–Trinajstić information content (AvgIpc) is 3.45. The van der Waals surface area contributed by atoms with Crippen molar-refractivity contribution in [3.05, 3.63) is 119 Å². The number of aryl methyl sites for hydroxylation is 1. The summed E-state index contributed by atoms with van der Waals surface area (Å²) < 4.78 is 8.10. The molecular formula is C30H25N3O2S2. The van der Waals surface area contributed by atoms with Crippen molar-refractivity contribution in [1.82, 2.24) is 14.7 Å². The number of nitrogens with zero attached hydrogens (tertiary/aromatic N) is 3. The Labute approximate surface area is 226 Å². The number of hydrogen-bond donors (Lipinski definition) is 0. The molecular weight excluding hydrogens is 498 g/mol. The lowest BCUT2D eigenvalue weighted by Gasteiger charge is -2.14. The van der Waals surface area contributed by atoms with Crippen molar-refractivity contribution in [3.8, 4) is 22.7 Å². The summed E-state index contributed by atoms with van der Waals surface area (Å²) >= 11 is 6.90. The van der Waals surface area contributed by atoms with Gasteiger partial charge in [-0.15, -0.1) is 0 Å². The van der Waals surface area contributed by atoms with Crippen LogP contribution >= 0.6 is 24.0 Å². The summed E-state index contributed by atoms with van der Waals surface area (Å²) in [5, 5.41) is 4.92. The zero-order chi connectivity index (χ0) is 25.8. The first-order valence-electron chi connectivity index (χ1n) is 11.8. The average molecular weight is 524 g/mol. The van der Waals surface area contributed by atoms with Crippen molar-refractivity contribution < 1.29 is 9.53 Å². The highest BCUT2D eigenvalue weighted by atomic mass is 32.2. The first-order chi connectivity index (χ1) is 18.0. The van der Waals surface area contributed by atoms with E-state index in [9.17, 15) is 4.79 Å². The van der Waals surface area contributed by atoms with E-state index < -0.39 is 0 Å². The fourth-order valence-electron chi connectivity index (χ4n) is 4.11. The van der Waals surface area contributed by atoms with E-state index in [1.807, 2.05) is 103 Å². The molecule has 1 aromatic heterocycles. The first kappa shape index (κ1) is 24.7. The van der Waals surface area contributed by atoms with Gasteiger partial charge in [-0.2, -0.15) is 5.10 Å². The molecule has 0 aliphatic carbocycles. The molecule has 1 fully saturated rings. The molecule has 1 saturated heterocycles. The van der Waals surface area contributed by atoms with E-state index in [0.717, 1.165) is 39.4 Å². The molecule has 5 nitrogen and oxygen atoms in total. The van der Waals surface area contributed by atoms with Gasteiger partial charge in [-0.05, 0) is 54.5 Å². The molecule has 7 heteroatoms. The smallest absolute Gasteiger partial charge is 0.266 e. The van der Waals surface area contributed by atoms with E-state index in [4.69, 9.17) is 22.1 Å². The number of thiocarbonyl (C=S) groups is 1. The van der Waals surface area contributed by atoms with E-state index in [1.54, 1.807) is 11.0 Å². The molecule has 3 aromatic carbocycles. The third-order valence-corrected chi connectivity index (χ3v) is 7.31. The summed E-state index contributed by atoms with van der Waals surface area (Å²) in [6.07, 6.45) is 5.57. The molecule has 2 heterocycles. The number of benzene rings is 3. The Kier molecular flexibility index (Phi) is 7.35. The number of thioether (sulfide) groups is 1. The third-order valence-electron chi connectivity index (χ3n) is 5.93. The van der Waals surface area contributed by atoms with Crippen molar-refractivity contribution in [2.24, 2.45) is 0 Å². The molecule has 4 aromatic rings. The van der Waals surface area contributed by atoms with Gasteiger partial charge >= 0.3 is 0 Å². The van der Waals surface area contributed by atoms with Crippen LogP contribution in [0.4, 0.5) is 0 Å². The molecule has 1 aliphatic heterocycles. The summed E-state index contributed by atoms with van der Waals surface area (Å²) in [4.78, 5) is 15.6. The van der Waals surface area contributed by atoms with Crippen LogP contribution in [0.3, 0.4) is 0 Å². The quantitative estimate of drug-likeness (QED) is 0.144. The van der Waals surface area contributed by atoms with E-state index in [0.29, 0.717) is 22.4 Å². The summed E-state index contributed by atoms with van der Waals surface area (Å²) in [6, 6.07) is 25.7. The fraction of sp³-hybridized carbons (Fsp3) is 0.100. The Hall–Kier alpha value is -3.94. The predicted octanol–water partition coefficient (Wildman–Crippen LogP) is 6.81. The Morgan fingerprint density at radius 3 is 2.49 bits per heavy atom. The standard InChI is InChI=1S/C30H25N3O2S2/c1-3-16-35-25-14-15-26(21(2)17-25)28-23(20-33(31-28)24-12-8-5-9-13-24)18-27-29(34)32(30(36)37-27)19-22-10-6-4-7-11-22/h3-15,17-18,20H,1,16,19H2,2H3/b27-18-. The minimum absolute atomic E-state index is 0.0952. The van der Waals surface area contributed by atoms with Crippen LogP contribution in [0.15, 0.2) is 103 Å². The second-order valence-corrected chi connectivity index (χ2v) is 10.2. The Morgan fingerprint density at radius 1 is 1.05 bits per heavy atom. The summed E-state index contributed by atoms with van der Waals surface area (Å²) in [7, 11) is 0. The van der Waals surface area contributed by atoms with Crippen molar-refractivity contribution >= 4 is 40.3 Å². The molecule has 1 aliphatic rings. The maximum Gasteiger partial charge on any atom is 0.266 e. The number of rotatable bonds is 8. The highest BCUT2D eigenvalue weighted by Crippen LogP contribution is 2.36. The molecule has 0 radical (unpaired) electrons. The molecule has 0 unspecified atom stereocenters. The van der Waals surface area contributed by atoms with Gasteiger partial charge in [0, 0.05) is 17.3 Å². The number of ether oxygens (including phenoxy) is 1. The number of hydrogen-bond acceptors (Lipinski definition) is 5. The van der Waals surface area contributed by atoms with Crippen molar-refractivity contribution in [1.29, 1.82) is 0 Å². The van der Waals surface area contributed by atoms with Crippen LogP contribution in [0, 0.1) is 6.92 Å². The molecule has 0 spiro atoms. The number of carbonyl (C=O) groups is 1. The lowest BCUT2D eigenvalue weighted by atomic mass is 10.0. The second kappa shape index (κ2) is 11.0.